The average Bonchev–Trinajstić information content (AvgIpc) is 2.29. The highest BCUT2D eigenvalue weighted by Crippen LogP contribution is 2.17. The zero-order valence-corrected chi connectivity index (χ0v) is 11.1. The summed E-state index contributed by atoms with van der Waals surface area (Å²) in [5.41, 5.74) is 7.30. The van der Waals surface area contributed by atoms with Crippen LogP contribution in [0.3, 0.4) is 0 Å². The van der Waals surface area contributed by atoms with Crippen molar-refractivity contribution in [1.82, 2.24) is 4.98 Å². The summed E-state index contributed by atoms with van der Waals surface area (Å²) in [6.07, 6.45) is 1.99. The Morgan fingerprint density at radius 1 is 1.28 bits per heavy atom. The number of halogens is 2. The summed E-state index contributed by atoms with van der Waals surface area (Å²) in [4.78, 5) is 14.9. The number of para-hydroxylation sites is 1. The fourth-order valence-electron chi connectivity index (χ4n) is 1.66. The van der Waals surface area contributed by atoms with Gasteiger partial charge in [-0.15, -0.1) is 24.8 Å². The van der Waals surface area contributed by atoms with Crippen LogP contribution in [0.2, 0.25) is 0 Å². The molecule has 0 saturated carbocycles. The Bertz CT molecular complexity index is 529. The third-order valence-corrected chi connectivity index (χ3v) is 2.50. The van der Waals surface area contributed by atoms with Gasteiger partial charge >= 0.3 is 5.97 Å². The predicted octanol–water partition coefficient (Wildman–Crippen LogP) is 2.03. The summed E-state index contributed by atoms with van der Waals surface area (Å²) in [5.74, 6) is -0.985. The molecule has 1 heterocycles. The summed E-state index contributed by atoms with van der Waals surface area (Å²) in [6, 6.07) is 8.56. The number of nitrogens with two attached hydrogens (primary N) is 1. The van der Waals surface area contributed by atoms with Crippen molar-refractivity contribution in [2.45, 2.75) is 12.5 Å². The van der Waals surface area contributed by atoms with Gasteiger partial charge in [-0.05, 0) is 24.1 Å². The first-order valence-corrected chi connectivity index (χ1v) is 4.99. The lowest BCUT2D eigenvalue weighted by atomic mass is 10.0. The molecule has 2 rings (SSSR count). The molecule has 98 valence electrons. The number of nitrogens with zero attached hydrogens (tertiary/aromatic N) is 1. The van der Waals surface area contributed by atoms with Crippen molar-refractivity contribution < 1.29 is 9.90 Å². The van der Waals surface area contributed by atoms with Crippen LogP contribution in [0.15, 0.2) is 36.5 Å². The molecule has 3 N–H and O–H groups in total. The monoisotopic (exact) mass is 288 g/mol. The van der Waals surface area contributed by atoms with Crippen molar-refractivity contribution in [3.05, 3.63) is 42.1 Å². The van der Waals surface area contributed by atoms with Gasteiger partial charge in [-0.25, -0.2) is 0 Å². The quantitative estimate of drug-likeness (QED) is 0.906. The molecule has 0 spiro atoms. The Morgan fingerprint density at radius 3 is 2.61 bits per heavy atom. The molecular formula is C12H14Cl2N2O2. The molecular weight excluding hydrogens is 275 g/mol. The number of aliphatic carboxylic acids is 1. The molecule has 1 unspecified atom stereocenters. The molecule has 0 aliphatic carbocycles. The lowest BCUT2D eigenvalue weighted by Crippen LogP contribution is -2.32. The summed E-state index contributed by atoms with van der Waals surface area (Å²) in [7, 11) is 0. The second-order valence-corrected chi connectivity index (χ2v) is 3.64. The van der Waals surface area contributed by atoms with Gasteiger partial charge in [0.05, 0.1) is 5.52 Å². The van der Waals surface area contributed by atoms with Crippen LogP contribution in [0.1, 0.15) is 5.56 Å². The molecule has 18 heavy (non-hydrogen) atoms. The average molecular weight is 289 g/mol. The molecule has 1 aromatic carbocycles. The van der Waals surface area contributed by atoms with Crippen LogP contribution in [0.25, 0.3) is 10.9 Å². The van der Waals surface area contributed by atoms with Crippen molar-refractivity contribution in [3.63, 3.8) is 0 Å². The Kier molecular flexibility index (Phi) is 6.62. The number of fused-ring (bicyclic) bond motifs is 1. The minimum Gasteiger partial charge on any atom is -0.480 e. The van der Waals surface area contributed by atoms with E-state index in [0.717, 1.165) is 16.5 Å². The Balaban J connectivity index is 0.00000144. The highest BCUT2D eigenvalue weighted by molar-refractivity contribution is 5.85. The SMILES string of the molecule is Cl.Cl.NC(Cc1ccnc2ccccc12)C(=O)O. The fraction of sp³-hybridized carbons (Fsp3) is 0.167. The van der Waals surface area contributed by atoms with Crippen LogP contribution in [-0.2, 0) is 11.2 Å². The van der Waals surface area contributed by atoms with Crippen LogP contribution >= 0.6 is 24.8 Å². The Morgan fingerprint density at radius 2 is 1.94 bits per heavy atom. The third kappa shape index (κ3) is 3.57. The maximum Gasteiger partial charge on any atom is 0.320 e. The highest BCUT2D eigenvalue weighted by atomic mass is 35.5. The maximum atomic E-state index is 10.7. The van der Waals surface area contributed by atoms with E-state index >= 15 is 0 Å². The zero-order chi connectivity index (χ0) is 11.5. The second-order valence-electron chi connectivity index (χ2n) is 3.64. The number of carbonyl (C=O) groups is 1. The van der Waals surface area contributed by atoms with Gasteiger partial charge in [0.15, 0.2) is 0 Å². The van der Waals surface area contributed by atoms with Crippen LogP contribution in [0, 0.1) is 0 Å². The zero-order valence-electron chi connectivity index (χ0n) is 9.45. The summed E-state index contributed by atoms with van der Waals surface area (Å²) < 4.78 is 0. The number of hydrogen-bond donors (Lipinski definition) is 2. The van der Waals surface area contributed by atoms with Gasteiger partial charge in [0, 0.05) is 11.6 Å². The van der Waals surface area contributed by atoms with Gasteiger partial charge in [0.2, 0.25) is 0 Å². The van der Waals surface area contributed by atoms with Crippen molar-refractivity contribution in [1.29, 1.82) is 0 Å². The first-order valence-electron chi connectivity index (χ1n) is 4.99. The Hall–Kier alpha value is -1.36. The topological polar surface area (TPSA) is 76.2 Å². The molecule has 0 aliphatic heterocycles. The molecule has 0 radical (unpaired) electrons. The molecule has 2 aromatic rings. The number of pyridine rings is 1. The molecule has 0 aliphatic rings. The van der Waals surface area contributed by atoms with Gasteiger partial charge < -0.3 is 10.8 Å². The first kappa shape index (κ1) is 16.6. The highest BCUT2D eigenvalue weighted by Gasteiger charge is 2.13. The van der Waals surface area contributed by atoms with Gasteiger partial charge in [-0.1, -0.05) is 18.2 Å². The molecule has 0 bridgehead atoms. The molecule has 1 aromatic heterocycles. The second kappa shape index (κ2) is 7.16. The lowest BCUT2D eigenvalue weighted by molar-refractivity contribution is -0.138. The van der Waals surface area contributed by atoms with Gasteiger partial charge in [-0.2, -0.15) is 0 Å². The summed E-state index contributed by atoms with van der Waals surface area (Å²) >= 11 is 0. The molecule has 1 atom stereocenters. The van der Waals surface area contributed by atoms with Crippen molar-refractivity contribution in [2.24, 2.45) is 5.73 Å². The van der Waals surface area contributed by atoms with Gasteiger partial charge in [-0.3, -0.25) is 9.78 Å². The number of hydrogen-bond acceptors (Lipinski definition) is 3. The number of aromatic nitrogens is 1. The van der Waals surface area contributed by atoms with Crippen LogP contribution in [0.5, 0.6) is 0 Å². The fourth-order valence-corrected chi connectivity index (χ4v) is 1.66. The van der Waals surface area contributed by atoms with Crippen molar-refractivity contribution in [3.8, 4) is 0 Å². The minimum absolute atomic E-state index is 0. The van der Waals surface area contributed by atoms with Gasteiger partial charge in [0.25, 0.3) is 0 Å². The van der Waals surface area contributed by atoms with E-state index in [1.165, 1.54) is 0 Å². The van der Waals surface area contributed by atoms with Crippen LogP contribution in [0.4, 0.5) is 0 Å². The number of benzene rings is 1. The van der Waals surface area contributed by atoms with Crippen molar-refractivity contribution in [2.75, 3.05) is 0 Å². The summed E-state index contributed by atoms with van der Waals surface area (Å²) in [5, 5.41) is 9.73. The van der Waals surface area contributed by atoms with E-state index < -0.39 is 12.0 Å². The largest absolute Gasteiger partial charge is 0.480 e. The van der Waals surface area contributed by atoms with E-state index in [1.807, 2.05) is 30.3 Å². The van der Waals surface area contributed by atoms with Crippen molar-refractivity contribution >= 4 is 41.7 Å². The van der Waals surface area contributed by atoms with E-state index in [4.69, 9.17) is 10.8 Å². The van der Waals surface area contributed by atoms with Crippen LogP contribution in [-0.4, -0.2) is 22.1 Å². The first-order chi connectivity index (χ1) is 7.68. The molecule has 6 heteroatoms. The minimum atomic E-state index is -0.985. The number of rotatable bonds is 3. The predicted molar refractivity (Wildman–Crippen MR) is 75.6 cm³/mol. The number of carboxylic acid groups (broad SMARTS) is 1. The smallest absolute Gasteiger partial charge is 0.320 e. The molecule has 0 fully saturated rings. The lowest BCUT2D eigenvalue weighted by Gasteiger charge is -2.08. The normalized spacial score (nSPS) is 11.2. The Labute approximate surface area is 117 Å². The van der Waals surface area contributed by atoms with E-state index in [9.17, 15) is 4.79 Å². The van der Waals surface area contributed by atoms with E-state index in [-0.39, 0.29) is 24.8 Å². The van der Waals surface area contributed by atoms with E-state index in [1.54, 1.807) is 6.20 Å². The van der Waals surface area contributed by atoms with Gasteiger partial charge in [0.1, 0.15) is 6.04 Å². The number of carboxylic acids is 1. The van der Waals surface area contributed by atoms with Crippen LogP contribution < -0.4 is 5.73 Å². The summed E-state index contributed by atoms with van der Waals surface area (Å²) in [6.45, 7) is 0. The van der Waals surface area contributed by atoms with E-state index in [0.29, 0.717) is 6.42 Å². The van der Waals surface area contributed by atoms with E-state index in [2.05, 4.69) is 4.98 Å². The molecule has 0 saturated heterocycles. The maximum absolute atomic E-state index is 10.7. The third-order valence-electron chi connectivity index (χ3n) is 2.50. The standard InChI is InChI=1S/C12H12N2O2.2ClH/c13-10(12(15)16)7-8-5-6-14-11-4-2-1-3-9(8)11;;/h1-6,10H,7,13H2,(H,15,16);2*1H. The molecule has 4 nitrogen and oxygen atoms in total. The molecule has 0 amide bonds.